The van der Waals surface area contributed by atoms with Gasteiger partial charge in [0.05, 0.1) is 0 Å². The van der Waals surface area contributed by atoms with Gasteiger partial charge < -0.3 is 10.0 Å². The van der Waals surface area contributed by atoms with Gasteiger partial charge in [-0.05, 0) is 33.6 Å². The van der Waals surface area contributed by atoms with Gasteiger partial charge >= 0.3 is 5.97 Å². The zero-order valence-electron chi connectivity index (χ0n) is 12.3. The first-order valence-corrected chi connectivity index (χ1v) is 7.05. The minimum atomic E-state index is -0.786. The normalized spacial score (nSPS) is 17.5. The molecule has 0 aromatic carbocycles. The van der Waals surface area contributed by atoms with Crippen molar-refractivity contribution < 1.29 is 14.7 Å². The number of unbranched alkanes of at least 4 members (excludes halogenated alkanes) is 1. The first-order chi connectivity index (χ1) is 8.80. The van der Waals surface area contributed by atoms with Crippen LogP contribution in [0.25, 0.3) is 0 Å². The molecule has 1 fully saturated rings. The van der Waals surface area contributed by atoms with E-state index in [0.29, 0.717) is 19.3 Å². The predicted octanol–water partition coefficient (Wildman–Crippen LogP) is 1.57. The van der Waals surface area contributed by atoms with Gasteiger partial charge in [0, 0.05) is 44.6 Å². The molecule has 5 heteroatoms. The Kier molecular flexibility index (Phi) is 5.79. The van der Waals surface area contributed by atoms with E-state index in [9.17, 15) is 9.59 Å². The lowest BCUT2D eigenvalue weighted by Gasteiger charge is -2.42. The van der Waals surface area contributed by atoms with Crippen molar-refractivity contribution in [1.29, 1.82) is 0 Å². The minimum Gasteiger partial charge on any atom is -0.481 e. The van der Waals surface area contributed by atoms with Crippen LogP contribution in [0, 0.1) is 0 Å². The van der Waals surface area contributed by atoms with Crippen LogP contribution in [-0.2, 0) is 9.59 Å². The molecule has 1 amide bonds. The molecule has 0 radical (unpaired) electrons. The highest BCUT2D eigenvalue weighted by atomic mass is 16.4. The quantitative estimate of drug-likeness (QED) is 0.770. The number of hydrogen-bond donors (Lipinski definition) is 1. The molecule has 1 N–H and O–H groups in total. The fourth-order valence-corrected chi connectivity index (χ4v) is 2.34. The Morgan fingerprint density at radius 1 is 1.00 bits per heavy atom. The molecular weight excluding hydrogens is 244 g/mol. The Hall–Kier alpha value is -1.10. The van der Waals surface area contributed by atoms with Crippen molar-refractivity contribution in [3.8, 4) is 0 Å². The zero-order valence-corrected chi connectivity index (χ0v) is 12.3. The van der Waals surface area contributed by atoms with E-state index in [1.54, 1.807) is 0 Å². The zero-order chi connectivity index (χ0) is 14.5. The molecule has 1 heterocycles. The number of rotatable bonds is 5. The van der Waals surface area contributed by atoms with Gasteiger partial charge in [0.25, 0.3) is 0 Å². The second-order valence-electron chi connectivity index (χ2n) is 6.14. The summed E-state index contributed by atoms with van der Waals surface area (Å²) in [5.41, 5.74) is 0.163. The van der Waals surface area contributed by atoms with E-state index < -0.39 is 5.97 Å². The van der Waals surface area contributed by atoms with Crippen LogP contribution in [0.4, 0.5) is 0 Å². The summed E-state index contributed by atoms with van der Waals surface area (Å²) in [6, 6.07) is 0. The molecule has 0 spiro atoms. The van der Waals surface area contributed by atoms with Crippen LogP contribution in [-0.4, -0.2) is 58.5 Å². The van der Waals surface area contributed by atoms with E-state index in [4.69, 9.17) is 5.11 Å². The minimum absolute atomic E-state index is 0.158. The van der Waals surface area contributed by atoms with Crippen molar-refractivity contribution in [2.45, 2.75) is 52.0 Å². The van der Waals surface area contributed by atoms with Crippen LogP contribution in [0.15, 0.2) is 0 Å². The summed E-state index contributed by atoms with van der Waals surface area (Å²) in [5.74, 6) is -0.620. The van der Waals surface area contributed by atoms with Gasteiger partial charge in [0.1, 0.15) is 0 Å². The Labute approximate surface area is 115 Å². The average molecular weight is 270 g/mol. The number of carboxylic acids is 1. The summed E-state index contributed by atoms with van der Waals surface area (Å²) >= 11 is 0. The van der Waals surface area contributed by atoms with Gasteiger partial charge in [0.15, 0.2) is 0 Å². The molecule has 0 atom stereocenters. The van der Waals surface area contributed by atoms with E-state index in [1.165, 1.54) is 0 Å². The van der Waals surface area contributed by atoms with Crippen molar-refractivity contribution in [2.24, 2.45) is 0 Å². The third-order valence-corrected chi connectivity index (χ3v) is 3.61. The maximum Gasteiger partial charge on any atom is 0.303 e. The van der Waals surface area contributed by atoms with Crippen LogP contribution in [0.5, 0.6) is 0 Å². The molecule has 1 rings (SSSR count). The number of nitrogens with zero attached hydrogens (tertiary/aromatic N) is 2. The molecule has 0 unspecified atom stereocenters. The SMILES string of the molecule is CC(C)(C)N1CCN(C(=O)CCCCC(=O)O)CC1. The fourth-order valence-electron chi connectivity index (χ4n) is 2.34. The van der Waals surface area contributed by atoms with Crippen molar-refractivity contribution >= 4 is 11.9 Å². The van der Waals surface area contributed by atoms with Crippen LogP contribution < -0.4 is 0 Å². The highest BCUT2D eigenvalue weighted by Gasteiger charge is 2.27. The lowest BCUT2D eigenvalue weighted by atomic mass is 10.0. The lowest BCUT2D eigenvalue weighted by molar-refractivity contribution is -0.138. The third kappa shape index (κ3) is 5.59. The van der Waals surface area contributed by atoms with Gasteiger partial charge in [-0.15, -0.1) is 0 Å². The van der Waals surface area contributed by atoms with Crippen molar-refractivity contribution in [2.75, 3.05) is 26.2 Å². The van der Waals surface area contributed by atoms with Gasteiger partial charge in [-0.1, -0.05) is 0 Å². The molecule has 1 saturated heterocycles. The highest BCUT2D eigenvalue weighted by molar-refractivity contribution is 5.76. The second-order valence-corrected chi connectivity index (χ2v) is 6.14. The molecule has 110 valence electrons. The monoisotopic (exact) mass is 270 g/mol. The number of carboxylic acid groups (broad SMARTS) is 1. The average Bonchev–Trinajstić information content (AvgIpc) is 2.33. The summed E-state index contributed by atoms with van der Waals surface area (Å²) < 4.78 is 0. The van der Waals surface area contributed by atoms with Crippen molar-refractivity contribution in [1.82, 2.24) is 9.80 Å². The maximum atomic E-state index is 12.0. The summed E-state index contributed by atoms with van der Waals surface area (Å²) in [5, 5.41) is 8.53. The Morgan fingerprint density at radius 2 is 1.53 bits per heavy atom. The first-order valence-electron chi connectivity index (χ1n) is 7.05. The number of hydrogen-bond acceptors (Lipinski definition) is 3. The molecule has 1 aliphatic heterocycles. The lowest BCUT2D eigenvalue weighted by Crippen LogP contribution is -2.54. The van der Waals surface area contributed by atoms with E-state index in [2.05, 4.69) is 25.7 Å². The van der Waals surface area contributed by atoms with Crippen LogP contribution in [0.3, 0.4) is 0 Å². The second kappa shape index (κ2) is 6.89. The largest absolute Gasteiger partial charge is 0.481 e. The molecule has 0 aromatic rings. The molecule has 0 saturated carbocycles. The van der Waals surface area contributed by atoms with Gasteiger partial charge in [-0.25, -0.2) is 0 Å². The topological polar surface area (TPSA) is 60.9 Å². The molecule has 0 aliphatic carbocycles. The Balaban J connectivity index is 2.23. The number of aliphatic carboxylic acids is 1. The number of piperazine rings is 1. The number of carbonyl (C=O) groups excluding carboxylic acids is 1. The molecule has 5 nitrogen and oxygen atoms in total. The molecule has 0 bridgehead atoms. The van der Waals surface area contributed by atoms with E-state index in [-0.39, 0.29) is 17.9 Å². The molecular formula is C14H26N2O3. The van der Waals surface area contributed by atoms with Gasteiger partial charge in [0.2, 0.25) is 5.91 Å². The van der Waals surface area contributed by atoms with Gasteiger partial charge in [-0.2, -0.15) is 0 Å². The first kappa shape index (κ1) is 16.0. The van der Waals surface area contributed by atoms with Crippen molar-refractivity contribution in [3.05, 3.63) is 0 Å². The number of carbonyl (C=O) groups is 2. The van der Waals surface area contributed by atoms with Crippen molar-refractivity contribution in [3.63, 3.8) is 0 Å². The summed E-state index contributed by atoms with van der Waals surface area (Å²) in [4.78, 5) is 26.6. The Morgan fingerprint density at radius 3 is 2.00 bits per heavy atom. The molecule has 19 heavy (non-hydrogen) atoms. The molecule has 0 aromatic heterocycles. The number of amides is 1. The maximum absolute atomic E-state index is 12.0. The van der Waals surface area contributed by atoms with E-state index in [0.717, 1.165) is 26.2 Å². The fraction of sp³-hybridized carbons (Fsp3) is 0.857. The molecule has 1 aliphatic rings. The summed E-state index contributed by atoms with van der Waals surface area (Å²) in [7, 11) is 0. The van der Waals surface area contributed by atoms with E-state index >= 15 is 0 Å². The summed E-state index contributed by atoms with van der Waals surface area (Å²) in [6.45, 7) is 9.99. The Bertz CT molecular complexity index is 315. The third-order valence-electron chi connectivity index (χ3n) is 3.61. The summed E-state index contributed by atoms with van der Waals surface area (Å²) in [6.07, 6.45) is 1.89. The van der Waals surface area contributed by atoms with E-state index in [1.807, 2.05) is 4.90 Å². The smallest absolute Gasteiger partial charge is 0.303 e. The van der Waals surface area contributed by atoms with Crippen LogP contribution in [0.1, 0.15) is 46.5 Å². The van der Waals surface area contributed by atoms with Crippen LogP contribution in [0.2, 0.25) is 0 Å². The standard InChI is InChI=1S/C14H26N2O3/c1-14(2,3)16-10-8-15(9-11-16)12(17)6-4-5-7-13(18)19/h4-11H2,1-3H3,(H,18,19). The predicted molar refractivity (Wildman–Crippen MR) is 74.0 cm³/mol. The van der Waals surface area contributed by atoms with Crippen LogP contribution >= 0.6 is 0 Å². The highest BCUT2D eigenvalue weighted by Crippen LogP contribution is 2.16. The van der Waals surface area contributed by atoms with Gasteiger partial charge in [-0.3, -0.25) is 14.5 Å².